The van der Waals surface area contributed by atoms with Gasteiger partial charge in [-0.25, -0.2) is 8.78 Å². The van der Waals surface area contributed by atoms with Gasteiger partial charge in [0.05, 0.1) is 0 Å². The maximum atomic E-state index is 12.3. The van der Waals surface area contributed by atoms with Crippen LogP contribution in [0.2, 0.25) is 0 Å². The lowest BCUT2D eigenvalue weighted by molar-refractivity contribution is -0.460. The van der Waals surface area contributed by atoms with Crippen LogP contribution >= 0.6 is 23.2 Å². The molecule has 0 spiro atoms. The lowest BCUT2D eigenvalue weighted by Gasteiger charge is -2.23. The van der Waals surface area contributed by atoms with Gasteiger partial charge in [0, 0.05) is 0 Å². The second-order valence-electron chi connectivity index (χ2n) is 2.41. The summed E-state index contributed by atoms with van der Waals surface area (Å²) in [4.78, 5) is 0. The number of hydrogen-bond donors (Lipinski definition) is 0. The predicted octanol–water partition coefficient (Wildman–Crippen LogP) is 3.82. The fourth-order valence-electron chi connectivity index (χ4n) is 0.402. The minimum absolute atomic E-state index is 2.53. The summed E-state index contributed by atoms with van der Waals surface area (Å²) in [6, 6.07) is 0. The van der Waals surface area contributed by atoms with Gasteiger partial charge in [-0.1, -0.05) is 0 Å². The summed E-state index contributed by atoms with van der Waals surface area (Å²) in [7, 11) is 0. The normalized spacial score (nSPS) is 18.0. The van der Waals surface area contributed by atoms with Crippen LogP contribution in [0.1, 0.15) is 0 Å². The van der Waals surface area contributed by atoms with E-state index < -0.39 is 29.8 Å². The van der Waals surface area contributed by atoms with Crippen molar-refractivity contribution in [1.82, 2.24) is 0 Å². The quantitative estimate of drug-likeness (QED) is 0.421. The van der Waals surface area contributed by atoms with Crippen LogP contribution in [-0.2, 0) is 9.47 Å². The van der Waals surface area contributed by atoms with Crippen molar-refractivity contribution < 1.29 is 44.6 Å². The van der Waals surface area contributed by atoms with Gasteiger partial charge in [0.2, 0.25) is 0 Å². The molecule has 0 aliphatic carbocycles. The van der Waals surface area contributed by atoms with E-state index in [0.717, 1.165) is 0 Å². The minimum Gasteiger partial charge on any atom is -0.253 e. The molecule has 0 heterocycles. The molecule has 0 aliphatic heterocycles. The molecule has 2 atom stereocenters. The molecule has 0 rings (SSSR count). The van der Waals surface area contributed by atoms with Gasteiger partial charge in [-0.2, -0.15) is 17.6 Å². The van der Waals surface area contributed by atoms with Crippen LogP contribution in [0.25, 0.3) is 0 Å². The zero-order valence-corrected chi connectivity index (χ0v) is 8.76. The van der Waals surface area contributed by atoms with Crippen molar-refractivity contribution >= 4 is 23.2 Å². The van der Waals surface area contributed by atoms with E-state index in [1.165, 1.54) is 0 Å². The van der Waals surface area contributed by atoms with E-state index >= 15 is 0 Å². The summed E-state index contributed by atoms with van der Waals surface area (Å²) < 4.78 is 101. The van der Waals surface area contributed by atoms with E-state index in [1.807, 2.05) is 0 Å². The van der Waals surface area contributed by atoms with Crippen LogP contribution in [0.5, 0.6) is 0 Å². The lowest BCUT2D eigenvalue weighted by Crippen LogP contribution is -2.41. The van der Waals surface area contributed by atoms with Crippen molar-refractivity contribution in [2.24, 2.45) is 0 Å². The Morgan fingerprint density at radius 3 is 1.12 bits per heavy atom. The Labute approximate surface area is 98.4 Å². The van der Waals surface area contributed by atoms with Crippen molar-refractivity contribution in [1.29, 1.82) is 0 Å². The molecule has 0 aliphatic rings. The minimum atomic E-state index is -5.42. The van der Waals surface area contributed by atoms with E-state index in [9.17, 15) is 35.1 Å². The first-order valence-electron chi connectivity index (χ1n) is 3.41. The van der Waals surface area contributed by atoms with Crippen LogP contribution in [0, 0.1) is 0 Å². The lowest BCUT2D eigenvalue weighted by atomic mass is 10.7. The second kappa shape index (κ2) is 5.29. The molecule has 0 saturated heterocycles. The van der Waals surface area contributed by atoms with Gasteiger partial charge in [0.1, 0.15) is 0 Å². The SMILES string of the molecule is FC(OC(F)(F)OC(F)C(F)(F)Cl)C(F)(F)Cl. The first-order chi connectivity index (χ1) is 7.26. The van der Waals surface area contributed by atoms with Crippen molar-refractivity contribution in [3.8, 4) is 0 Å². The highest BCUT2D eigenvalue weighted by Crippen LogP contribution is 2.36. The van der Waals surface area contributed by atoms with Crippen LogP contribution in [0.15, 0.2) is 0 Å². The molecule has 0 N–H and O–H groups in total. The third-order valence-corrected chi connectivity index (χ3v) is 1.34. The Balaban J connectivity index is 4.50. The molecule has 0 aromatic carbocycles. The number of rotatable bonds is 6. The fourth-order valence-corrected chi connectivity index (χ4v) is 0.491. The third-order valence-electron chi connectivity index (χ3n) is 0.996. The van der Waals surface area contributed by atoms with Gasteiger partial charge in [-0.3, -0.25) is 9.47 Å². The van der Waals surface area contributed by atoms with E-state index in [4.69, 9.17) is 0 Å². The highest BCUT2D eigenvalue weighted by atomic mass is 35.5. The predicted molar refractivity (Wildman–Crippen MR) is 38.5 cm³/mol. The molecule has 2 unspecified atom stereocenters. The van der Waals surface area contributed by atoms with Crippen LogP contribution in [0.4, 0.5) is 35.1 Å². The van der Waals surface area contributed by atoms with E-state index in [-0.39, 0.29) is 0 Å². The molecule has 104 valence electrons. The largest absolute Gasteiger partial charge is 0.491 e. The van der Waals surface area contributed by atoms with E-state index in [0.29, 0.717) is 0 Å². The average molecular weight is 317 g/mol. The number of ether oxygens (including phenoxy) is 2. The highest BCUT2D eigenvalue weighted by Gasteiger charge is 2.52. The van der Waals surface area contributed by atoms with Gasteiger partial charge in [0.15, 0.2) is 0 Å². The van der Waals surface area contributed by atoms with Crippen LogP contribution in [-0.4, -0.2) is 29.8 Å². The molecule has 0 bridgehead atoms. The summed E-state index contributed by atoms with van der Waals surface area (Å²) in [5, 5.41) is -9.77. The molecule has 0 radical (unpaired) electrons. The molecule has 0 saturated carbocycles. The second-order valence-corrected chi connectivity index (χ2v) is 3.42. The molecule has 2 nitrogen and oxygen atoms in total. The van der Waals surface area contributed by atoms with Gasteiger partial charge in [-0.15, -0.1) is 8.78 Å². The number of alkyl halides is 10. The summed E-state index contributed by atoms with van der Waals surface area (Å²) in [6.45, 7) is 0. The Kier molecular flexibility index (Phi) is 5.27. The summed E-state index contributed by atoms with van der Waals surface area (Å²) in [6.07, 6.45) is -13.7. The van der Waals surface area contributed by atoms with Crippen molar-refractivity contribution in [3.05, 3.63) is 0 Å². The highest BCUT2D eigenvalue weighted by molar-refractivity contribution is 6.22. The third kappa shape index (κ3) is 6.43. The summed E-state index contributed by atoms with van der Waals surface area (Å²) in [5.74, 6) is 0. The maximum Gasteiger partial charge on any atom is 0.491 e. The molecule has 0 aromatic heterocycles. The molecule has 17 heavy (non-hydrogen) atoms. The van der Waals surface area contributed by atoms with Gasteiger partial charge in [-0.05, 0) is 23.2 Å². The Bertz CT molecular complexity index is 227. The van der Waals surface area contributed by atoms with E-state index in [1.54, 1.807) is 0 Å². The van der Waals surface area contributed by atoms with Crippen molar-refractivity contribution in [3.63, 3.8) is 0 Å². The number of halogens is 10. The summed E-state index contributed by atoms with van der Waals surface area (Å²) >= 11 is 7.85. The van der Waals surface area contributed by atoms with E-state index in [2.05, 4.69) is 32.7 Å². The molecular formula is C5H2Cl2F8O2. The smallest absolute Gasteiger partial charge is 0.253 e. The standard InChI is InChI=1S/C5H2Cl2F8O2/c6-3(10,11)1(8)16-5(14,15)17-2(9)4(7,12)13/h1-2H. The zero-order chi connectivity index (χ0) is 14.1. The van der Waals surface area contributed by atoms with Gasteiger partial charge in [0.25, 0.3) is 12.7 Å². The number of hydrogen-bond acceptors (Lipinski definition) is 2. The van der Waals surface area contributed by atoms with Crippen molar-refractivity contribution in [2.45, 2.75) is 29.8 Å². The van der Waals surface area contributed by atoms with Crippen LogP contribution in [0.3, 0.4) is 0 Å². The first-order valence-corrected chi connectivity index (χ1v) is 4.16. The van der Waals surface area contributed by atoms with Gasteiger partial charge < -0.3 is 0 Å². The molecular weight excluding hydrogens is 315 g/mol. The summed E-state index contributed by atoms with van der Waals surface area (Å²) in [5.41, 5.74) is 0. The molecule has 0 aromatic rings. The van der Waals surface area contributed by atoms with Crippen molar-refractivity contribution in [2.75, 3.05) is 0 Å². The monoisotopic (exact) mass is 316 g/mol. The topological polar surface area (TPSA) is 18.5 Å². The zero-order valence-electron chi connectivity index (χ0n) is 7.25. The maximum absolute atomic E-state index is 12.3. The molecule has 12 heteroatoms. The Morgan fingerprint density at radius 2 is 0.941 bits per heavy atom. The molecule has 0 fully saturated rings. The van der Waals surface area contributed by atoms with Crippen LogP contribution < -0.4 is 0 Å². The Hall–Kier alpha value is -0.0600. The molecule has 0 amide bonds. The first kappa shape index (κ1) is 16.9. The fraction of sp³-hybridized carbons (Fsp3) is 1.00. The van der Waals surface area contributed by atoms with Gasteiger partial charge >= 0.3 is 17.1 Å². The Morgan fingerprint density at radius 1 is 0.706 bits per heavy atom. The average Bonchev–Trinajstić information content (AvgIpc) is 1.97.